The Morgan fingerprint density at radius 3 is 2.60 bits per heavy atom. The number of amides is 1. The minimum atomic E-state index is -0.818. The summed E-state index contributed by atoms with van der Waals surface area (Å²) < 4.78 is 4.92. The Bertz CT molecular complexity index is 559. The first-order valence-electron chi connectivity index (χ1n) is 8.87. The van der Waals surface area contributed by atoms with Crippen LogP contribution in [-0.4, -0.2) is 46.6 Å². The van der Waals surface area contributed by atoms with Gasteiger partial charge in [-0.05, 0) is 19.3 Å². The van der Waals surface area contributed by atoms with Gasteiger partial charge in [0, 0.05) is 31.3 Å². The third-order valence-corrected chi connectivity index (χ3v) is 5.11. The summed E-state index contributed by atoms with van der Waals surface area (Å²) in [5.41, 5.74) is 0.217. The monoisotopic (exact) mass is 370 g/mol. The number of nitrogens with zero attached hydrogens (tertiary/aromatic N) is 2. The molecule has 0 fully saturated rings. The van der Waals surface area contributed by atoms with Gasteiger partial charge in [-0.1, -0.05) is 27.2 Å². The van der Waals surface area contributed by atoms with Crippen LogP contribution in [0.25, 0.3) is 0 Å². The maximum atomic E-state index is 12.3. The van der Waals surface area contributed by atoms with Gasteiger partial charge >= 0.3 is 5.97 Å². The van der Waals surface area contributed by atoms with E-state index in [9.17, 15) is 14.7 Å². The van der Waals surface area contributed by atoms with E-state index in [0.717, 1.165) is 12.8 Å². The highest BCUT2D eigenvalue weighted by Crippen LogP contribution is 2.27. The van der Waals surface area contributed by atoms with E-state index in [1.165, 1.54) is 11.3 Å². The summed E-state index contributed by atoms with van der Waals surface area (Å²) in [5.74, 6) is -0.182. The summed E-state index contributed by atoms with van der Waals surface area (Å²) in [6, 6.07) is -0.0886. The maximum absolute atomic E-state index is 12.3. The Morgan fingerprint density at radius 2 is 2.04 bits per heavy atom. The molecule has 0 spiro atoms. The largest absolute Gasteiger partial charge is 0.461 e. The molecule has 0 aliphatic heterocycles. The molecule has 1 rings (SSSR count). The van der Waals surface area contributed by atoms with Crippen LogP contribution in [0.3, 0.4) is 0 Å². The smallest absolute Gasteiger partial charge is 0.357 e. The number of aliphatic hydroxyl groups excluding tert-OH is 1. The topological polar surface area (TPSA) is 79.7 Å². The lowest BCUT2D eigenvalue weighted by Gasteiger charge is -2.32. The third-order valence-electron chi connectivity index (χ3n) is 4.16. The number of rotatable bonds is 10. The number of hydrogen-bond donors (Lipinski definition) is 1. The summed E-state index contributed by atoms with van der Waals surface area (Å²) in [7, 11) is 1.79. The molecule has 2 atom stereocenters. The van der Waals surface area contributed by atoms with Crippen LogP contribution in [0.15, 0.2) is 5.38 Å². The molecule has 25 heavy (non-hydrogen) atoms. The molecular formula is C18H30N2O4S. The maximum Gasteiger partial charge on any atom is 0.357 e. The van der Waals surface area contributed by atoms with E-state index in [4.69, 9.17) is 4.74 Å². The fourth-order valence-corrected chi connectivity index (χ4v) is 3.42. The van der Waals surface area contributed by atoms with Crippen molar-refractivity contribution in [1.82, 2.24) is 9.88 Å². The van der Waals surface area contributed by atoms with Crippen LogP contribution in [0, 0.1) is 5.92 Å². The van der Waals surface area contributed by atoms with Crippen LogP contribution in [0.4, 0.5) is 0 Å². The highest BCUT2D eigenvalue weighted by molar-refractivity contribution is 7.09. The van der Waals surface area contributed by atoms with Crippen LogP contribution in [-0.2, 0) is 9.53 Å². The SMILES string of the molecule is CCCCC(=O)N(C)[C@H](C[C@@H](O)c1nc(C(=O)OCC)cs1)C(C)C. The number of aliphatic hydroxyl groups is 1. The third kappa shape index (κ3) is 6.40. The van der Waals surface area contributed by atoms with Crippen molar-refractivity contribution in [3.05, 3.63) is 16.1 Å². The van der Waals surface area contributed by atoms with E-state index in [0.29, 0.717) is 17.8 Å². The predicted molar refractivity (Wildman–Crippen MR) is 98.6 cm³/mol. The highest BCUT2D eigenvalue weighted by atomic mass is 32.1. The Hall–Kier alpha value is -1.47. The average Bonchev–Trinajstić information content (AvgIpc) is 3.06. The van der Waals surface area contributed by atoms with Crippen molar-refractivity contribution in [3.63, 3.8) is 0 Å². The van der Waals surface area contributed by atoms with Gasteiger partial charge in [0.2, 0.25) is 5.91 Å². The summed E-state index contributed by atoms with van der Waals surface area (Å²) in [6.07, 6.45) is 1.94. The lowest BCUT2D eigenvalue weighted by molar-refractivity contribution is -0.133. The van der Waals surface area contributed by atoms with Gasteiger partial charge in [-0.3, -0.25) is 4.79 Å². The van der Waals surface area contributed by atoms with Gasteiger partial charge in [0.05, 0.1) is 6.61 Å². The van der Waals surface area contributed by atoms with Crippen molar-refractivity contribution in [1.29, 1.82) is 0 Å². The normalized spacial score (nSPS) is 13.6. The fourth-order valence-electron chi connectivity index (χ4n) is 2.64. The van der Waals surface area contributed by atoms with Crippen LogP contribution in [0.2, 0.25) is 0 Å². The molecule has 0 saturated heterocycles. The number of carbonyl (C=O) groups is 2. The summed E-state index contributed by atoms with van der Waals surface area (Å²) in [6.45, 7) is 8.15. The van der Waals surface area contributed by atoms with E-state index in [2.05, 4.69) is 11.9 Å². The van der Waals surface area contributed by atoms with Crippen LogP contribution in [0.5, 0.6) is 0 Å². The van der Waals surface area contributed by atoms with Crippen LogP contribution < -0.4 is 0 Å². The molecule has 0 bridgehead atoms. The molecule has 1 aromatic rings. The molecule has 142 valence electrons. The zero-order chi connectivity index (χ0) is 19.0. The fraction of sp³-hybridized carbons (Fsp3) is 0.722. The second-order valence-electron chi connectivity index (χ2n) is 6.46. The number of carbonyl (C=O) groups excluding carboxylic acids is 2. The van der Waals surface area contributed by atoms with Crippen molar-refractivity contribution in [3.8, 4) is 0 Å². The van der Waals surface area contributed by atoms with Crippen LogP contribution >= 0.6 is 11.3 Å². The van der Waals surface area contributed by atoms with Crippen molar-refractivity contribution in [2.75, 3.05) is 13.7 Å². The van der Waals surface area contributed by atoms with Gasteiger partial charge < -0.3 is 14.7 Å². The summed E-state index contributed by atoms with van der Waals surface area (Å²) in [4.78, 5) is 29.9. The molecule has 7 heteroatoms. The Kier molecular flexibility index (Phi) is 9.06. The van der Waals surface area contributed by atoms with Gasteiger partial charge in [-0.2, -0.15) is 0 Å². The Labute approximate surface area is 154 Å². The molecule has 1 aromatic heterocycles. The lowest BCUT2D eigenvalue weighted by Crippen LogP contribution is -2.41. The molecule has 1 N–H and O–H groups in total. The van der Waals surface area contributed by atoms with Gasteiger partial charge in [0.15, 0.2) is 5.69 Å². The molecule has 0 aliphatic carbocycles. The van der Waals surface area contributed by atoms with Gasteiger partial charge in [-0.15, -0.1) is 11.3 Å². The molecule has 6 nitrogen and oxygen atoms in total. The van der Waals surface area contributed by atoms with Crippen molar-refractivity contribution < 1.29 is 19.4 Å². The summed E-state index contributed by atoms with van der Waals surface area (Å²) in [5, 5.41) is 12.6. The van der Waals surface area contributed by atoms with E-state index in [-0.39, 0.29) is 30.2 Å². The molecule has 0 radical (unpaired) electrons. The van der Waals surface area contributed by atoms with Crippen molar-refractivity contribution >= 4 is 23.2 Å². The lowest BCUT2D eigenvalue weighted by atomic mass is 9.96. The second kappa shape index (κ2) is 10.5. The van der Waals surface area contributed by atoms with E-state index in [1.807, 2.05) is 13.8 Å². The van der Waals surface area contributed by atoms with Gasteiger partial charge in [0.1, 0.15) is 11.1 Å². The quantitative estimate of drug-likeness (QED) is 0.638. The molecule has 0 aromatic carbocycles. The highest BCUT2D eigenvalue weighted by Gasteiger charge is 2.27. The zero-order valence-electron chi connectivity index (χ0n) is 15.8. The molecule has 0 unspecified atom stereocenters. The minimum absolute atomic E-state index is 0.0886. The first-order chi connectivity index (χ1) is 11.8. The average molecular weight is 371 g/mol. The van der Waals surface area contributed by atoms with E-state index < -0.39 is 12.1 Å². The molecule has 1 amide bonds. The van der Waals surface area contributed by atoms with E-state index >= 15 is 0 Å². The molecular weight excluding hydrogens is 340 g/mol. The van der Waals surface area contributed by atoms with Crippen LogP contribution in [0.1, 0.15) is 75.0 Å². The number of esters is 1. The predicted octanol–water partition coefficient (Wildman–Crippen LogP) is 3.42. The molecule has 0 aliphatic rings. The summed E-state index contributed by atoms with van der Waals surface area (Å²) >= 11 is 1.23. The number of hydrogen-bond acceptors (Lipinski definition) is 6. The number of thiazole rings is 1. The second-order valence-corrected chi connectivity index (χ2v) is 7.35. The first-order valence-corrected chi connectivity index (χ1v) is 9.75. The first kappa shape index (κ1) is 21.6. The number of unbranched alkanes of at least 4 members (excludes halogenated alkanes) is 1. The zero-order valence-corrected chi connectivity index (χ0v) is 16.6. The Balaban J connectivity index is 2.77. The molecule has 1 heterocycles. The molecule has 0 saturated carbocycles. The van der Waals surface area contributed by atoms with Crippen molar-refractivity contribution in [2.45, 2.75) is 65.5 Å². The van der Waals surface area contributed by atoms with Gasteiger partial charge in [0.25, 0.3) is 0 Å². The standard InChI is InChI=1S/C18H30N2O4S/c1-6-8-9-16(22)20(5)14(12(3)4)10-15(21)17-19-13(11-25-17)18(23)24-7-2/h11-12,14-15,21H,6-10H2,1-5H3/t14-,15-/m1/s1. The minimum Gasteiger partial charge on any atom is -0.461 e. The number of ether oxygens (including phenoxy) is 1. The van der Waals surface area contributed by atoms with E-state index in [1.54, 1.807) is 24.3 Å². The Morgan fingerprint density at radius 1 is 1.36 bits per heavy atom. The van der Waals surface area contributed by atoms with Gasteiger partial charge in [-0.25, -0.2) is 9.78 Å². The van der Waals surface area contributed by atoms with Crippen molar-refractivity contribution in [2.24, 2.45) is 5.92 Å². The number of aromatic nitrogens is 1.